The number of methoxy groups -OCH3 is 2. The standard InChI is InChI=1S/C19H29N5O4S/c1-23(7-9-26-2)13-10-20-16(27-3)14-15(13)29-17(21-14)22-18(25)24-6-4-19(11-24)5-8-28-12-19/h10,14-15H,4-9,11-12H2,1-3H3,(H,21,22,25)/t14?,15?,19-/m0/s1. The molecule has 2 saturated heterocycles. The zero-order valence-corrected chi connectivity index (χ0v) is 18.0. The zero-order valence-electron chi connectivity index (χ0n) is 17.2. The molecule has 0 aromatic heterocycles. The Morgan fingerprint density at radius 1 is 1.48 bits per heavy atom. The lowest BCUT2D eigenvalue weighted by atomic mass is 9.87. The third-order valence-corrected chi connectivity index (χ3v) is 7.24. The van der Waals surface area contributed by atoms with Gasteiger partial charge in [0.05, 0.1) is 31.8 Å². The highest BCUT2D eigenvalue weighted by atomic mass is 32.2. The first-order valence-electron chi connectivity index (χ1n) is 9.95. The van der Waals surface area contributed by atoms with Gasteiger partial charge in [0.2, 0.25) is 5.90 Å². The van der Waals surface area contributed by atoms with Crippen molar-refractivity contribution in [3.8, 4) is 0 Å². The van der Waals surface area contributed by atoms with E-state index in [0.29, 0.717) is 17.7 Å². The molecule has 160 valence electrons. The third kappa shape index (κ3) is 4.10. The van der Waals surface area contributed by atoms with Crippen LogP contribution in [0.4, 0.5) is 4.79 Å². The van der Waals surface area contributed by atoms with Gasteiger partial charge in [-0.2, -0.15) is 0 Å². The third-order valence-electron chi connectivity index (χ3n) is 6.06. The van der Waals surface area contributed by atoms with Crippen molar-refractivity contribution in [1.82, 2.24) is 15.1 Å². The van der Waals surface area contributed by atoms with E-state index in [1.165, 1.54) is 0 Å². The normalized spacial score (nSPS) is 30.7. The number of aliphatic imine (C=N–C) groups is 2. The van der Waals surface area contributed by atoms with Crippen LogP contribution in [0.1, 0.15) is 12.8 Å². The molecule has 0 aliphatic carbocycles. The monoisotopic (exact) mass is 423 g/mol. The Morgan fingerprint density at radius 3 is 3.07 bits per heavy atom. The van der Waals surface area contributed by atoms with E-state index in [-0.39, 0.29) is 22.7 Å². The fourth-order valence-electron chi connectivity index (χ4n) is 4.25. The summed E-state index contributed by atoms with van der Waals surface area (Å²) < 4.78 is 16.2. The van der Waals surface area contributed by atoms with Crippen molar-refractivity contribution in [1.29, 1.82) is 0 Å². The Morgan fingerprint density at radius 2 is 2.34 bits per heavy atom. The second kappa shape index (κ2) is 8.53. The molecule has 3 atom stereocenters. The summed E-state index contributed by atoms with van der Waals surface area (Å²) in [5.41, 5.74) is 1.19. The number of amidine groups is 1. The van der Waals surface area contributed by atoms with Crippen LogP contribution < -0.4 is 5.32 Å². The molecule has 4 aliphatic heterocycles. The smallest absolute Gasteiger partial charge is 0.323 e. The number of carbonyl (C=O) groups is 1. The minimum absolute atomic E-state index is 0.0211. The van der Waals surface area contributed by atoms with Gasteiger partial charge in [0.15, 0.2) is 5.17 Å². The van der Waals surface area contributed by atoms with Crippen molar-refractivity contribution in [3.63, 3.8) is 0 Å². The molecule has 0 aromatic rings. The van der Waals surface area contributed by atoms with Crippen molar-refractivity contribution in [3.05, 3.63) is 11.9 Å². The van der Waals surface area contributed by atoms with Gasteiger partial charge in [-0.25, -0.2) is 14.8 Å². The van der Waals surface area contributed by atoms with Crippen LogP contribution in [0.25, 0.3) is 0 Å². The van der Waals surface area contributed by atoms with Crippen molar-refractivity contribution in [2.45, 2.75) is 24.1 Å². The minimum Gasteiger partial charge on any atom is -0.482 e. The lowest BCUT2D eigenvalue weighted by Crippen LogP contribution is -2.41. The lowest BCUT2D eigenvalue weighted by molar-refractivity contribution is 0.153. The minimum atomic E-state index is -0.238. The molecule has 0 radical (unpaired) electrons. The van der Waals surface area contributed by atoms with E-state index in [4.69, 9.17) is 19.2 Å². The van der Waals surface area contributed by atoms with Gasteiger partial charge in [-0.3, -0.25) is 5.32 Å². The summed E-state index contributed by atoms with van der Waals surface area (Å²) in [7, 11) is 5.31. The lowest BCUT2D eigenvalue weighted by Gasteiger charge is -2.30. The molecule has 1 N–H and O–H groups in total. The zero-order chi connectivity index (χ0) is 20.4. The number of nitrogens with one attached hydrogen (secondary N) is 1. The molecule has 4 heterocycles. The quantitative estimate of drug-likeness (QED) is 0.729. The molecule has 1 spiro atoms. The molecule has 0 aromatic carbocycles. The van der Waals surface area contributed by atoms with Crippen LogP contribution in [-0.2, 0) is 14.2 Å². The number of nitrogens with zero attached hydrogens (tertiary/aromatic N) is 4. The van der Waals surface area contributed by atoms with Crippen LogP contribution in [0.15, 0.2) is 21.9 Å². The highest BCUT2D eigenvalue weighted by Gasteiger charge is 2.44. The fourth-order valence-corrected chi connectivity index (χ4v) is 5.48. The van der Waals surface area contributed by atoms with Gasteiger partial charge < -0.3 is 24.0 Å². The van der Waals surface area contributed by atoms with E-state index in [0.717, 1.165) is 51.4 Å². The van der Waals surface area contributed by atoms with Crippen LogP contribution in [-0.4, -0.2) is 98.9 Å². The van der Waals surface area contributed by atoms with Gasteiger partial charge in [0, 0.05) is 51.5 Å². The number of thioether (sulfide) groups is 1. The number of urea groups is 1. The number of ether oxygens (including phenoxy) is 3. The van der Waals surface area contributed by atoms with E-state index in [1.54, 1.807) is 26.0 Å². The van der Waals surface area contributed by atoms with Crippen LogP contribution in [0.2, 0.25) is 0 Å². The number of hydrogen-bond donors (Lipinski definition) is 1. The molecule has 29 heavy (non-hydrogen) atoms. The van der Waals surface area contributed by atoms with Crippen LogP contribution in [0, 0.1) is 5.41 Å². The average molecular weight is 424 g/mol. The fraction of sp³-hybridized carbons (Fsp3) is 0.737. The predicted octanol–water partition coefficient (Wildman–Crippen LogP) is 1.13. The number of likely N-dealkylation sites (N-methyl/N-ethyl adjacent to an activating group) is 1. The molecule has 4 rings (SSSR count). The van der Waals surface area contributed by atoms with Gasteiger partial charge in [0.25, 0.3) is 0 Å². The van der Waals surface area contributed by atoms with E-state index in [2.05, 4.69) is 15.2 Å². The number of rotatable bonds is 4. The molecule has 9 nitrogen and oxygen atoms in total. The Labute approximate surface area is 175 Å². The second-order valence-electron chi connectivity index (χ2n) is 7.96. The van der Waals surface area contributed by atoms with E-state index in [1.807, 2.05) is 18.1 Å². The maximum atomic E-state index is 12.8. The highest BCUT2D eigenvalue weighted by Crippen LogP contribution is 2.39. The van der Waals surface area contributed by atoms with Gasteiger partial charge in [-0.05, 0) is 12.8 Å². The largest absolute Gasteiger partial charge is 0.482 e. The Kier molecular flexibility index (Phi) is 6.03. The molecule has 10 heteroatoms. The van der Waals surface area contributed by atoms with Crippen molar-refractivity contribution >= 4 is 28.9 Å². The maximum Gasteiger partial charge on any atom is 0.323 e. The summed E-state index contributed by atoms with van der Waals surface area (Å²) >= 11 is 1.55. The first kappa shape index (κ1) is 20.5. The Balaban J connectivity index is 1.41. The van der Waals surface area contributed by atoms with Gasteiger partial charge in [0.1, 0.15) is 6.04 Å². The van der Waals surface area contributed by atoms with Gasteiger partial charge >= 0.3 is 6.03 Å². The van der Waals surface area contributed by atoms with E-state index < -0.39 is 0 Å². The molecule has 2 amide bonds. The number of likely N-dealkylation sites (tertiary alicyclic amines) is 1. The Hall–Kier alpha value is -1.78. The second-order valence-corrected chi connectivity index (χ2v) is 9.09. The molecular weight excluding hydrogens is 394 g/mol. The summed E-state index contributed by atoms with van der Waals surface area (Å²) in [4.78, 5) is 26.0. The average Bonchev–Trinajstić information content (AvgIpc) is 3.46. The molecule has 0 saturated carbocycles. The summed E-state index contributed by atoms with van der Waals surface area (Å²) in [6.07, 6.45) is 3.86. The van der Waals surface area contributed by atoms with Crippen molar-refractivity contribution in [2.75, 3.05) is 60.7 Å². The number of fused-ring (bicyclic) bond motifs is 1. The summed E-state index contributed by atoms with van der Waals surface area (Å²) in [6, 6.07) is -0.328. The van der Waals surface area contributed by atoms with Crippen LogP contribution in [0.3, 0.4) is 0 Å². The van der Waals surface area contributed by atoms with E-state index in [9.17, 15) is 4.79 Å². The van der Waals surface area contributed by atoms with Gasteiger partial charge in [-0.1, -0.05) is 11.8 Å². The predicted molar refractivity (Wildman–Crippen MR) is 112 cm³/mol. The maximum absolute atomic E-state index is 12.8. The highest BCUT2D eigenvalue weighted by molar-refractivity contribution is 8.14. The summed E-state index contributed by atoms with van der Waals surface area (Å²) in [6.45, 7) is 4.44. The summed E-state index contributed by atoms with van der Waals surface area (Å²) in [5, 5.41) is 3.65. The van der Waals surface area contributed by atoms with Crippen molar-refractivity contribution in [2.24, 2.45) is 15.4 Å². The van der Waals surface area contributed by atoms with Crippen LogP contribution >= 0.6 is 11.8 Å². The SMILES string of the molecule is COCCN(C)C1=CN=C(OC)C2N=C(NC(=O)N3CC[C@]4(CCOC4)C3)SC12. The molecule has 2 unspecified atom stereocenters. The topological polar surface area (TPSA) is 88.0 Å². The first-order chi connectivity index (χ1) is 14.0. The van der Waals surface area contributed by atoms with Crippen LogP contribution in [0.5, 0.6) is 0 Å². The summed E-state index contributed by atoms with van der Waals surface area (Å²) in [5.74, 6) is 0.568. The van der Waals surface area contributed by atoms with Crippen molar-refractivity contribution < 1.29 is 19.0 Å². The molecule has 2 fully saturated rings. The molecule has 0 bridgehead atoms. The number of hydrogen-bond acceptors (Lipinski definition) is 8. The number of carbonyl (C=O) groups excluding carboxylic acids is 1. The number of amides is 2. The first-order valence-corrected chi connectivity index (χ1v) is 10.8. The van der Waals surface area contributed by atoms with Gasteiger partial charge in [-0.15, -0.1) is 0 Å². The molecular formula is C19H29N5O4S. The molecule has 4 aliphatic rings. The van der Waals surface area contributed by atoms with E-state index >= 15 is 0 Å². The Bertz CT molecular complexity index is 734.